The van der Waals surface area contributed by atoms with E-state index in [9.17, 15) is 18.0 Å². The summed E-state index contributed by atoms with van der Waals surface area (Å²) >= 11 is 0. The molecule has 0 aliphatic carbocycles. The molecule has 9 nitrogen and oxygen atoms in total. The molecule has 1 aromatic carbocycles. The lowest BCUT2D eigenvalue weighted by Gasteiger charge is -2.32. The first kappa shape index (κ1) is 21.1. The molecule has 27 heavy (non-hydrogen) atoms. The molecule has 1 atom stereocenters. The van der Waals surface area contributed by atoms with Crippen LogP contribution in [0.15, 0.2) is 24.3 Å². The van der Waals surface area contributed by atoms with Crippen LogP contribution >= 0.6 is 0 Å². The number of sulfonamides is 1. The van der Waals surface area contributed by atoms with E-state index in [2.05, 4.69) is 10.6 Å². The molecule has 150 valence electrons. The minimum Gasteiger partial charge on any atom is -0.355 e. The summed E-state index contributed by atoms with van der Waals surface area (Å²) in [6.45, 7) is 2.13. The van der Waals surface area contributed by atoms with E-state index in [1.165, 1.54) is 0 Å². The molecule has 0 radical (unpaired) electrons. The molecule has 1 aromatic rings. The van der Waals surface area contributed by atoms with Crippen LogP contribution in [0.2, 0.25) is 0 Å². The standard InChI is InChI=1S/C17H27N5O4S/c18-7-8-20-16(23)15-2-1-9-22(11-15)17(24)21-10-13-3-5-14(6-4-13)12-27(19,25)26/h3-6,15H,1-2,7-12,18H2,(H,20,23)(H,21,24)(H2,19,25,26). The first-order valence-corrected chi connectivity index (χ1v) is 10.6. The summed E-state index contributed by atoms with van der Waals surface area (Å²) in [5, 5.41) is 10.6. The summed E-state index contributed by atoms with van der Waals surface area (Å²) < 4.78 is 22.2. The average molecular weight is 398 g/mol. The van der Waals surface area contributed by atoms with Gasteiger partial charge in [0.15, 0.2) is 0 Å². The number of benzene rings is 1. The Morgan fingerprint density at radius 1 is 1.15 bits per heavy atom. The Labute approximate surface area is 159 Å². The first-order valence-electron chi connectivity index (χ1n) is 8.87. The van der Waals surface area contributed by atoms with Crippen molar-refractivity contribution in [1.29, 1.82) is 0 Å². The molecular formula is C17H27N5O4S. The van der Waals surface area contributed by atoms with Gasteiger partial charge in [-0.25, -0.2) is 18.4 Å². The van der Waals surface area contributed by atoms with Crippen LogP contribution in [0.4, 0.5) is 4.79 Å². The van der Waals surface area contributed by atoms with Crippen molar-refractivity contribution in [2.45, 2.75) is 25.1 Å². The summed E-state index contributed by atoms with van der Waals surface area (Å²) in [6, 6.07) is 6.62. The summed E-state index contributed by atoms with van der Waals surface area (Å²) in [4.78, 5) is 26.1. The quantitative estimate of drug-likeness (QED) is 0.488. The van der Waals surface area contributed by atoms with E-state index in [0.717, 1.165) is 18.4 Å². The predicted molar refractivity (Wildman–Crippen MR) is 102 cm³/mol. The highest BCUT2D eigenvalue weighted by Gasteiger charge is 2.28. The largest absolute Gasteiger partial charge is 0.355 e. The molecule has 1 saturated heterocycles. The van der Waals surface area contributed by atoms with Crippen molar-refractivity contribution in [3.8, 4) is 0 Å². The molecule has 0 bridgehead atoms. The number of nitrogens with two attached hydrogens (primary N) is 2. The van der Waals surface area contributed by atoms with Gasteiger partial charge in [-0.2, -0.15) is 0 Å². The summed E-state index contributed by atoms with van der Waals surface area (Å²) in [7, 11) is -3.56. The average Bonchev–Trinajstić information content (AvgIpc) is 2.64. The zero-order chi connectivity index (χ0) is 19.9. The molecule has 3 amide bonds. The Morgan fingerprint density at radius 2 is 1.81 bits per heavy atom. The lowest BCUT2D eigenvalue weighted by Crippen LogP contribution is -2.49. The summed E-state index contributed by atoms with van der Waals surface area (Å²) in [5.41, 5.74) is 6.83. The third-order valence-corrected chi connectivity index (χ3v) is 5.09. The molecular weight excluding hydrogens is 370 g/mol. The van der Waals surface area contributed by atoms with Crippen molar-refractivity contribution in [1.82, 2.24) is 15.5 Å². The van der Waals surface area contributed by atoms with Gasteiger partial charge >= 0.3 is 6.03 Å². The van der Waals surface area contributed by atoms with E-state index >= 15 is 0 Å². The van der Waals surface area contributed by atoms with Gasteiger partial charge in [-0.1, -0.05) is 24.3 Å². The number of nitrogens with zero attached hydrogens (tertiary/aromatic N) is 1. The van der Waals surface area contributed by atoms with Crippen LogP contribution in [-0.2, 0) is 27.1 Å². The van der Waals surface area contributed by atoms with Crippen molar-refractivity contribution in [2.75, 3.05) is 26.2 Å². The van der Waals surface area contributed by atoms with E-state index in [4.69, 9.17) is 10.9 Å². The van der Waals surface area contributed by atoms with E-state index in [-0.39, 0.29) is 23.6 Å². The van der Waals surface area contributed by atoms with Gasteiger partial charge in [0.05, 0.1) is 11.7 Å². The number of rotatable bonds is 7. The van der Waals surface area contributed by atoms with Gasteiger partial charge in [0, 0.05) is 32.7 Å². The van der Waals surface area contributed by atoms with Crippen molar-refractivity contribution in [2.24, 2.45) is 16.8 Å². The first-order chi connectivity index (χ1) is 12.8. The summed E-state index contributed by atoms with van der Waals surface area (Å²) in [6.07, 6.45) is 1.53. The number of piperidine rings is 1. The molecule has 1 fully saturated rings. The van der Waals surface area contributed by atoms with Crippen molar-refractivity contribution >= 4 is 22.0 Å². The lowest BCUT2D eigenvalue weighted by atomic mass is 9.97. The lowest BCUT2D eigenvalue weighted by molar-refractivity contribution is -0.126. The Morgan fingerprint density at radius 3 is 2.44 bits per heavy atom. The third kappa shape index (κ3) is 7.16. The number of primary sulfonamides is 1. The molecule has 0 spiro atoms. The van der Waals surface area contributed by atoms with E-state index in [0.29, 0.717) is 38.3 Å². The molecule has 6 N–H and O–H groups in total. The highest BCUT2D eigenvalue weighted by atomic mass is 32.2. The Hall–Kier alpha value is -2.17. The van der Waals surface area contributed by atoms with Gasteiger partial charge < -0.3 is 21.3 Å². The second-order valence-corrected chi connectivity index (χ2v) is 8.26. The molecule has 10 heteroatoms. The second kappa shape index (κ2) is 9.67. The SMILES string of the molecule is NCCNC(=O)C1CCCN(C(=O)NCc2ccc(CS(N)(=O)=O)cc2)C1. The van der Waals surface area contributed by atoms with Crippen LogP contribution in [0.5, 0.6) is 0 Å². The number of likely N-dealkylation sites (tertiary alicyclic amines) is 1. The molecule has 1 unspecified atom stereocenters. The zero-order valence-corrected chi connectivity index (χ0v) is 16.0. The Balaban J connectivity index is 1.83. The molecule has 0 aromatic heterocycles. The van der Waals surface area contributed by atoms with Crippen molar-refractivity contribution < 1.29 is 18.0 Å². The zero-order valence-electron chi connectivity index (χ0n) is 15.2. The van der Waals surface area contributed by atoms with E-state index in [1.807, 2.05) is 0 Å². The molecule has 0 saturated carbocycles. The van der Waals surface area contributed by atoms with E-state index < -0.39 is 10.0 Å². The molecule has 1 aliphatic heterocycles. The number of carbonyl (C=O) groups excluding carboxylic acids is 2. The van der Waals surface area contributed by atoms with Crippen LogP contribution < -0.4 is 21.5 Å². The highest BCUT2D eigenvalue weighted by Crippen LogP contribution is 2.17. The molecule has 1 aliphatic rings. The second-order valence-electron chi connectivity index (χ2n) is 6.65. The van der Waals surface area contributed by atoms with Crippen LogP contribution in [0.1, 0.15) is 24.0 Å². The number of carbonyl (C=O) groups is 2. The third-order valence-electron chi connectivity index (χ3n) is 4.36. The highest BCUT2D eigenvalue weighted by molar-refractivity contribution is 7.88. The minimum atomic E-state index is -3.56. The normalized spacial score (nSPS) is 17.4. The molecule has 2 rings (SSSR count). The Bertz CT molecular complexity index is 751. The van der Waals surface area contributed by atoms with Crippen molar-refractivity contribution in [3.05, 3.63) is 35.4 Å². The predicted octanol–water partition coefficient (Wildman–Crippen LogP) is -0.528. The van der Waals surface area contributed by atoms with Crippen LogP contribution in [0, 0.1) is 5.92 Å². The summed E-state index contributed by atoms with van der Waals surface area (Å²) in [5.74, 6) is -0.502. The monoisotopic (exact) mass is 397 g/mol. The maximum Gasteiger partial charge on any atom is 0.317 e. The van der Waals surface area contributed by atoms with Gasteiger partial charge in [0.1, 0.15) is 0 Å². The van der Waals surface area contributed by atoms with Crippen LogP contribution in [0.3, 0.4) is 0 Å². The van der Waals surface area contributed by atoms with Crippen LogP contribution in [-0.4, -0.2) is 51.4 Å². The fraction of sp³-hybridized carbons (Fsp3) is 0.529. The van der Waals surface area contributed by atoms with E-state index in [1.54, 1.807) is 29.2 Å². The van der Waals surface area contributed by atoms with Crippen molar-refractivity contribution in [3.63, 3.8) is 0 Å². The van der Waals surface area contributed by atoms with Crippen LogP contribution in [0.25, 0.3) is 0 Å². The number of urea groups is 1. The maximum atomic E-state index is 12.4. The number of hydrogen-bond donors (Lipinski definition) is 4. The smallest absolute Gasteiger partial charge is 0.317 e. The fourth-order valence-corrected chi connectivity index (χ4v) is 3.65. The maximum absolute atomic E-state index is 12.4. The fourth-order valence-electron chi connectivity index (χ4n) is 2.99. The number of nitrogens with one attached hydrogen (secondary N) is 2. The van der Waals surface area contributed by atoms with Gasteiger partial charge in [-0.3, -0.25) is 4.79 Å². The number of hydrogen-bond acceptors (Lipinski definition) is 5. The van der Waals surface area contributed by atoms with Gasteiger partial charge in [0.2, 0.25) is 15.9 Å². The van der Waals surface area contributed by atoms with Gasteiger partial charge in [0.25, 0.3) is 0 Å². The topological polar surface area (TPSA) is 148 Å². The Kier molecular flexibility index (Phi) is 7.57. The van der Waals surface area contributed by atoms with Gasteiger partial charge in [-0.05, 0) is 24.0 Å². The number of amides is 3. The van der Waals surface area contributed by atoms with Gasteiger partial charge in [-0.15, -0.1) is 0 Å². The molecule has 1 heterocycles. The minimum absolute atomic E-state index is 0.0663.